The molecule has 4 rings (SSSR count). The standard InChI is InChI=1S/C22H32N6O5S/c1-16-12-17(2)15-25(14-16)34(32,33)18-7-8-19(20(13-18)28(30)31)23-9-5-11-27-22(29)26-10-4-3-6-21(26)24-27/h7-8,13,16-17,23H,3-6,9-12,14-15H2,1-2H3/t16-,17+. The molecule has 186 valence electrons. The second kappa shape index (κ2) is 9.87. The van der Waals surface area contributed by atoms with Gasteiger partial charge in [0.1, 0.15) is 11.5 Å². The summed E-state index contributed by atoms with van der Waals surface area (Å²) >= 11 is 0. The van der Waals surface area contributed by atoms with Gasteiger partial charge in [0.2, 0.25) is 10.0 Å². The van der Waals surface area contributed by atoms with Crippen LogP contribution in [0.5, 0.6) is 0 Å². The van der Waals surface area contributed by atoms with Gasteiger partial charge in [0, 0.05) is 45.2 Å². The summed E-state index contributed by atoms with van der Waals surface area (Å²) in [5.41, 5.74) is -0.147. The number of hydrogen-bond acceptors (Lipinski definition) is 7. The van der Waals surface area contributed by atoms with Crippen LogP contribution in [0.3, 0.4) is 0 Å². The van der Waals surface area contributed by atoms with Crippen LogP contribution in [-0.2, 0) is 29.5 Å². The van der Waals surface area contributed by atoms with Crippen LogP contribution in [0.1, 0.15) is 45.4 Å². The van der Waals surface area contributed by atoms with Gasteiger partial charge in [-0.3, -0.25) is 14.7 Å². The molecule has 12 heteroatoms. The van der Waals surface area contributed by atoms with E-state index < -0.39 is 14.9 Å². The quantitative estimate of drug-likeness (QED) is 0.340. The Morgan fingerprint density at radius 3 is 2.62 bits per heavy atom. The van der Waals surface area contributed by atoms with Crippen LogP contribution < -0.4 is 11.0 Å². The summed E-state index contributed by atoms with van der Waals surface area (Å²) in [7, 11) is -3.82. The Morgan fingerprint density at radius 2 is 1.94 bits per heavy atom. The second-order valence-corrected chi connectivity index (χ2v) is 11.5. The summed E-state index contributed by atoms with van der Waals surface area (Å²) in [5, 5.41) is 19.1. The average Bonchev–Trinajstić information content (AvgIpc) is 3.11. The molecular formula is C22H32N6O5S. The van der Waals surface area contributed by atoms with Crippen LogP contribution in [0, 0.1) is 22.0 Å². The lowest BCUT2D eigenvalue weighted by molar-refractivity contribution is -0.384. The maximum absolute atomic E-state index is 13.1. The lowest BCUT2D eigenvalue weighted by Crippen LogP contribution is -2.42. The van der Waals surface area contributed by atoms with E-state index in [9.17, 15) is 23.3 Å². The van der Waals surface area contributed by atoms with Crippen LogP contribution in [0.25, 0.3) is 0 Å². The number of aryl methyl sites for hydroxylation is 2. The van der Waals surface area contributed by atoms with Crippen molar-refractivity contribution in [3.63, 3.8) is 0 Å². The number of aromatic nitrogens is 3. The Hall–Kier alpha value is -2.73. The normalized spacial score (nSPS) is 21.2. The molecule has 2 aliphatic rings. The van der Waals surface area contributed by atoms with Crippen molar-refractivity contribution in [2.24, 2.45) is 11.8 Å². The average molecular weight is 493 g/mol. The Labute approximate surface area is 199 Å². The number of nitrogens with one attached hydrogen (secondary N) is 1. The number of piperidine rings is 1. The smallest absolute Gasteiger partial charge is 0.345 e. The maximum atomic E-state index is 13.1. The predicted octanol–water partition coefficient (Wildman–Crippen LogP) is 2.46. The first-order valence-corrected chi connectivity index (χ1v) is 13.3. The molecule has 0 bridgehead atoms. The molecule has 0 spiro atoms. The topological polar surface area (TPSA) is 132 Å². The molecular weight excluding hydrogens is 460 g/mol. The molecule has 0 amide bonds. The zero-order valence-corrected chi connectivity index (χ0v) is 20.5. The molecule has 1 aromatic carbocycles. The van der Waals surface area contributed by atoms with Crippen LogP contribution in [0.2, 0.25) is 0 Å². The van der Waals surface area contributed by atoms with Crippen molar-refractivity contribution in [1.82, 2.24) is 18.7 Å². The van der Waals surface area contributed by atoms with Crippen molar-refractivity contribution in [2.75, 3.05) is 25.0 Å². The molecule has 0 aliphatic carbocycles. The van der Waals surface area contributed by atoms with Gasteiger partial charge in [0.15, 0.2) is 0 Å². The number of hydrogen-bond donors (Lipinski definition) is 1. The van der Waals surface area contributed by atoms with Crippen molar-refractivity contribution >= 4 is 21.4 Å². The fraction of sp³-hybridized carbons (Fsp3) is 0.636. The Morgan fingerprint density at radius 1 is 1.21 bits per heavy atom. The highest BCUT2D eigenvalue weighted by atomic mass is 32.2. The van der Waals surface area contributed by atoms with Crippen molar-refractivity contribution < 1.29 is 13.3 Å². The summed E-state index contributed by atoms with van der Waals surface area (Å²) in [6.45, 7) is 6.33. The molecule has 0 radical (unpaired) electrons. The summed E-state index contributed by atoms with van der Waals surface area (Å²) in [4.78, 5) is 23.5. The Balaban J connectivity index is 1.43. The lowest BCUT2D eigenvalue weighted by atomic mass is 9.94. The van der Waals surface area contributed by atoms with E-state index in [4.69, 9.17) is 0 Å². The van der Waals surface area contributed by atoms with E-state index in [1.807, 2.05) is 13.8 Å². The molecule has 0 saturated carbocycles. The molecule has 1 fully saturated rings. The van der Waals surface area contributed by atoms with Gasteiger partial charge in [-0.15, -0.1) is 0 Å². The summed E-state index contributed by atoms with van der Waals surface area (Å²) < 4.78 is 30.9. The number of nitrogens with zero attached hydrogens (tertiary/aromatic N) is 5. The van der Waals surface area contributed by atoms with Gasteiger partial charge in [-0.25, -0.2) is 17.9 Å². The Bertz CT molecular complexity index is 1210. The zero-order valence-electron chi connectivity index (χ0n) is 19.6. The number of nitro groups is 1. The molecule has 2 aliphatic heterocycles. The maximum Gasteiger partial charge on any atom is 0.345 e. The number of sulfonamides is 1. The number of nitro benzene ring substituents is 1. The van der Waals surface area contributed by atoms with Gasteiger partial charge in [0.25, 0.3) is 5.69 Å². The highest BCUT2D eigenvalue weighted by Gasteiger charge is 2.33. The molecule has 2 aromatic rings. The van der Waals surface area contributed by atoms with Crippen molar-refractivity contribution in [2.45, 2.75) is 63.9 Å². The van der Waals surface area contributed by atoms with Gasteiger partial charge in [-0.1, -0.05) is 13.8 Å². The highest BCUT2D eigenvalue weighted by molar-refractivity contribution is 7.89. The van der Waals surface area contributed by atoms with E-state index in [0.29, 0.717) is 39.1 Å². The van der Waals surface area contributed by atoms with E-state index in [-0.39, 0.29) is 33.8 Å². The van der Waals surface area contributed by atoms with Gasteiger partial charge in [-0.05, 0) is 49.7 Å². The molecule has 1 saturated heterocycles. The number of benzene rings is 1. The molecule has 11 nitrogen and oxygen atoms in total. The largest absolute Gasteiger partial charge is 0.379 e. The highest BCUT2D eigenvalue weighted by Crippen LogP contribution is 2.31. The third-order valence-corrected chi connectivity index (χ3v) is 8.36. The van der Waals surface area contributed by atoms with Gasteiger partial charge < -0.3 is 5.32 Å². The molecule has 1 aromatic heterocycles. The number of anilines is 1. The SMILES string of the molecule is C[C@@H]1C[C@H](C)CN(S(=O)(=O)c2ccc(NCCCn3nc4n(c3=O)CCCC4)c([N+](=O)[O-])c2)C1. The van der Waals surface area contributed by atoms with Crippen LogP contribution >= 0.6 is 0 Å². The minimum Gasteiger partial charge on any atom is -0.379 e. The van der Waals surface area contributed by atoms with Crippen molar-refractivity contribution in [1.29, 1.82) is 0 Å². The molecule has 3 heterocycles. The third kappa shape index (κ3) is 5.02. The molecule has 1 N–H and O–H groups in total. The third-order valence-electron chi connectivity index (χ3n) is 6.53. The number of rotatable bonds is 8. The monoisotopic (exact) mass is 492 g/mol. The zero-order chi connectivity index (χ0) is 24.5. The first-order chi connectivity index (χ1) is 16.2. The predicted molar refractivity (Wildman–Crippen MR) is 127 cm³/mol. The van der Waals surface area contributed by atoms with E-state index in [2.05, 4.69) is 10.4 Å². The second-order valence-electron chi connectivity index (χ2n) is 9.52. The van der Waals surface area contributed by atoms with E-state index in [0.717, 1.165) is 37.6 Å². The molecule has 0 unspecified atom stereocenters. The van der Waals surface area contributed by atoms with Crippen LogP contribution in [-0.4, -0.2) is 51.6 Å². The molecule has 2 atom stereocenters. The summed E-state index contributed by atoms with van der Waals surface area (Å²) in [6.07, 6.45) is 4.31. The fourth-order valence-corrected chi connectivity index (χ4v) is 6.67. The van der Waals surface area contributed by atoms with Gasteiger partial charge in [-0.2, -0.15) is 9.40 Å². The van der Waals surface area contributed by atoms with E-state index in [1.54, 1.807) is 4.57 Å². The van der Waals surface area contributed by atoms with Crippen molar-refractivity contribution in [3.05, 3.63) is 44.6 Å². The first kappa shape index (κ1) is 24.4. The van der Waals surface area contributed by atoms with Crippen LogP contribution in [0.15, 0.2) is 27.9 Å². The Kier molecular flexibility index (Phi) is 7.08. The van der Waals surface area contributed by atoms with Gasteiger partial charge >= 0.3 is 5.69 Å². The number of fused-ring (bicyclic) bond motifs is 1. The minimum absolute atomic E-state index is 0.0683. The lowest BCUT2D eigenvalue weighted by Gasteiger charge is -2.34. The van der Waals surface area contributed by atoms with Crippen LogP contribution in [0.4, 0.5) is 11.4 Å². The molecule has 34 heavy (non-hydrogen) atoms. The van der Waals surface area contributed by atoms with E-state index in [1.165, 1.54) is 21.1 Å². The van der Waals surface area contributed by atoms with Crippen molar-refractivity contribution in [3.8, 4) is 0 Å². The van der Waals surface area contributed by atoms with Gasteiger partial charge in [0.05, 0.1) is 9.82 Å². The summed E-state index contributed by atoms with van der Waals surface area (Å²) in [5.74, 6) is 1.29. The summed E-state index contributed by atoms with van der Waals surface area (Å²) in [6, 6.07) is 4.00. The van der Waals surface area contributed by atoms with E-state index >= 15 is 0 Å². The fourth-order valence-electron chi connectivity index (χ4n) is 4.97. The first-order valence-electron chi connectivity index (χ1n) is 11.9. The minimum atomic E-state index is -3.82.